The zero-order valence-electron chi connectivity index (χ0n) is 14.4. The highest BCUT2D eigenvalue weighted by molar-refractivity contribution is 6.30. The molecule has 0 radical (unpaired) electrons. The van der Waals surface area contributed by atoms with E-state index in [0.717, 1.165) is 30.1 Å². The monoisotopic (exact) mass is 364 g/mol. The van der Waals surface area contributed by atoms with Crippen molar-refractivity contribution in [2.45, 2.75) is 37.9 Å². The van der Waals surface area contributed by atoms with E-state index in [9.17, 15) is 9.59 Å². The summed E-state index contributed by atoms with van der Waals surface area (Å²) in [5.74, 6) is 0.0553. The maximum Gasteiger partial charge on any atom is 0.226 e. The molecule has 3 rings (SSSR count). The van der Waals surface area contributed by atoms with E-state index < -0.39 is 0 Å². The smallest absolute Gasteiger partial charge is 0.226 e. The minimum absolute atomic E-state index is 0.00662. The number of nitrogens with one attached hydrogen (secondary N) is 3. The first-order valence-corrected chi connectivity index (χ1v) is 9.19. The minimum Gasteiger partial charge on any atom is -0.381 e. The molecule has 3 unspecified atom stereocenters. The number of hydrogen-bond acceptors (Lipinski definition) is 4. The lowest BCUT2D eigenvalue weighted by Gasteiger charge is -2.34. The summed E-state index contributed by atoms with van der Waals surface area (Å²) in [6, 6.07) is 8.01. The molecule has 7 heteroatoms. The van der Waals surface area contributed by atoms with Crippen LogP contribution in [0.25, 0.3) is 0 Å². The Bertz CT molecular complexity index is 631. The minimum atomic E-state index is -0.105. The number of carbonyl (C=O) groups is 2. The lowest BCUT2D eigenvalue weighted by atomic mass is 9.96. The van der Waals surface area contributed by atoms with Crippen LogP contribution >= 0.6 is 11.6 Å². The fraction of sp³-hybridized carbons (Fsp3) is 0.556. The van der Waals surface area contributed by atoms with Crippen molar-refractivity contribution >= 4 is 29.1 Å². The molecule has 0 bridgehead atoms. The summed E-state index contributed by atoms with van der Waals surface area (Å²) in [4.78, 5) is 25.6. The molecular weight excluding hydrogens is 340 g/mol. The summed E-state index contributed by atoms with van der Waals surface area (Å²) in [6.07, 6.45) is 2.92. The molecule has 2 amide bonds. The van der Waals surface area contributed by atoms with Crippen molar-refractivity contribution in [2.24, 2.45) is 5.92 Å². The molecule has 3 N–H and O–H groups in total. The van der Waals surface area contributed by atoms with E-state index in [1.807, 2.05) is 24.3 Å². The van der Waals surface area contributed by atoms with E-state index in [4.69, 9.17) is 11.6 Å². The molecule has 0 saturated carbocycles. The predicted octanol–water partition coefficient (Wildman–Crippen LogP) is 1.81. The van der Waals surface area contributed by atoms with Gasteiger partial charge in [0.05, 0.1) is 12.1 Å². The Morgan fingerprint density at radius 1 is 1.32 bits per heavy atom. The van der Waals surface area contributed by atoms with Crippen molar-refractivity contribution in [3.05, 3.63) is 29.3 Å². The van der Waals surface area contributed by atoms with Gasteiger partial charge in [-0.2, -0.15) is 0 Å². The first-order valence-electron chi connectivity index (χ1n) is 8.81. The number of piperidine rings is 2. The van der Waals surface area contributed by atoms with Crippen LogP contribution in [0, 0.1) is 5.92 Å². The molecule has 2 saturated heterocycles. The fourth-order valence-electron chi connectivity index (χ4n) is 3.43. The van der Waals surface area contributed by atoms with E-state index in [1.54, 1.807) is 11.9 Å². The molecule has 6 nitrogen and oxygen atoms in total. The second-order valence-corrected chi connectivity index (χ2v) is 7.34. The highest BCUT2D eigenvalue weighted by Crippen LogP contribution is 2.19. The fourth-order valence-corrected chi connectivity index (χ4v) is 3.62. The topological polar surface area (TPSA) is 73.5 Å². The third-order valence-corrected chi connectivity index (χ3v) is 5.16. The van der Waals surface area contributed by atoms with Crippen molar-refractivity contribution in [2.75, 3.05) is 25.5 Å². The Morgan fingerprint density at radius 2 is 2.16 bits per heavy atom. The third kappa shape index (κ3) is 4.86. The Hall–Kier alpha value is -1.79. The first-order chi connectivity index (χ1) is 12.0. The van der Waals surface area contributed by atoms with Gasteiger partial charge in [-0.15, -0.1) is 0 Å². The molecule has 0 aromatic heterocycles. The summed E-state index contributed by atoms with van der Waals surface area (Å²) < 4.78 is 0. The molecule has 0 aliphatic carbocycles. The average Bonchev–Trinajstić information content (AvgIpc) is 2.59. The van der Waals surface area contributed by atoms with Gasteiger partial charge >= 0.3 is 0 Å². The molecule has 2 aliphatic heterocycles. The van der Waals surface area contributed by atoms with Gasteiger partial charge in [0.2, 0.25) is 11.8 Å². The number of anilines is 1. The van der Waals surface area contributed by atoms with E-state index in [1.165, 1.54) is 0 Å². The van der Waals surface area contributed by atoms with Crippen LogP contribution in [0.15, 0.2) is 24.3 Å². The maximum atomic E-state index is 12.4. The summed E-state index contributed by atoms with van der Waals surface area (Å²) in [5, 5.41) is 10.6. The zero-order chi connectivity index (χ0) is 17.8. The standard InChI is InChI=1S/C18H25ClN4O2/c1-23-11-12(5-8-17(23)24)18(25)22-16-7-6-15(10-20-16)21-14-4-2-3-13(19)9-14/h2-4,9,12,15-16,20-21H,5-8,10-11H2,1H3,(H,22,25). The molecule has 2 aliphatic rings. The van der Waals surface area contributed by atoms with Crippen LogP contribution in [0.2, 0.25) is 5.02 Å². The second-order valence-electron chi connectivity index (χ2n) is 6.91. The van der Waals surface area contributed by atoms with Crippen molar-refractivity contribution in [3.8, 4) is 0 Å². The highest BCUT2D eigenvalue weighted by atomic mass is 35.5. The molecule has 2 fully saturated rings. The van der Waals surface area contributed by atoms with Gasteiger partial charge in [-0.25, -0.2) is 0 Å². The van der Waals surface area contributed by atoms with Crippen LogP contribution in [-0.4, -0.2) is 49.1 Å². The van der Waals surface area contributed by atoms with Gasteiger partial charge in [0.15, 0.2) is 0 Å². The van der Waals surface area contributed by atoms with Gasteiger partial charge in [-0.3, -0.25) is 14.9 Å². The van der Waals surface area contributed by atoms with E-state index in [0.29, 0.717) is 25.4 Å². The molecule has 25 heavy (non-hydrogen) atoms. The maximum absolute atomic E-state index is 12.4. The number of halogens is 1. The van der Waals surface area contributed by atoms with E-state index in [-0.39, 0.29) is 23.9 Å². The number of hydrogen-bond donors (Lipinski definition) is 3. The molecule has 0 spiro atoms. The molecule has 1 aromatic carbocycles. The lowest BCUT2D eigenvalue weighted by Crippen LogP contribution is -2.55. The summed E-state index contributed by atoms with van der Waals surface area (Å²) in [6.45, 7) is 1.29. The van der Waals surface area contributed by atoms with E-state index >= 15 is 0 Å². The number of likely N-dealkylation sites (tertiary alicyclic amines) is 1. The zero-order valence-corrected chi connectivity index (χ0v) is 15.2. The van der Waals surface area contributed by atoms with Crippen LogP contribution in [-0.2, 0) is 9.59 Å². The third-order valence-electron chi connectivity index (χ3n) is 4.92. The van der Waals surface area contributed by atoms with Crippen molar-refractivity contribution in [1.29, 1.82) is 0 Å². The summed E-state index contributed by atoms with van der Waals surface area (Å²) >= 11 is 6.01. The molecule has 2 heterocycles. The predicted molar refractivity (Wildman–Crippen MR) is 98.4 cm³/mol. The SMILES string of the molecule is CN1CC(C(=O)NC2CCC(Nc3cccc(Cl)c3)CN2)CCC1=O. The van der Waals surface area contributed by atoms with E-state index in [2.05, 4.69) is 16.0 Å². The Morgan fingerprint density at radius 3 is 2.84 bits per heavy atom. The number of carbonyl (C=O) groups excluding carboxylic acids is 2. The normalized spacial score (nSPS) is 27.0. The van der Waals surface area contributed by atoms with Crippen molar-refractivity contribution < 1.29 is 9.59 Å². The number of amides is 2. The van der Waals surface area contributed by atoms with Crippen LogP contribution in [0.5, 0.6) is 0 Å². The Labute approximate surface area is 153 Å². The average molecular weight is 365 g/mol. The molecule has 136 valence electrons. The van der Waals surface area contributed by atoms with Gasteiger partial charge in [0.1, 0.15) is 0 Å². The highest BCUT2D eigenvalue weighted by Gasteiger charge is 2.30. The van der Waals surface area contributed by atoms with Crippen LogP contribution in [0.3, 0.4) is 0 Å². The lowest BCUT2D eigenvalue weighted by molar-refractivity contribution is -0.137. The first kappa shape index (κ1) is 18.0. The van der Waals surface area contributed by atoms with Crippen LogP contribution < -0.4 is 16.0 Å². The van der Waals surface area contributed by atoms with Crippen molar-refractivity contribution in [3.63, 3.8) is 0 Å². The Kier molecular flexibility index (Phi) is 5.81. The van der Waals surface area contributed by atoms with Crippen LogP contribution in [0.4, 0.5) is 5.69 Å². The van der Waals surface area contributed by atoms with Crippen LogP contribution in [0.1, 0.15) is 25.7 Å². The summed E-state index contributed by atoms with van der Waals surface area (Å²) in [7, 11) is 1.76. The van der Waals surface area contributed by atoms with Crippen molar-refractivity contribution in [1.82, 2.24) is 15.5 Å². The largest absolute Gasteiger partial charge is 0.381 e. The number of benzene rings is 1. The summed E-state index contributed by atoms with van der Waals surface area (Å²) in [5.41, 5.74) is 1.01. The molecule has 1 aromatic rings. The quantitative estimate of drug-likeness (QED) is 0.762. The number of rotatable bonds is 4. The Balaban J connectivity index is 1.43. The number of nitrogens with zero attached hydrogens (tertiary/aromatic N) is 1. The van der Waals surface area contributed by atoms with Gasteiger partial charge in [-0.1, -0.05) is 17.7 Å². The van der Waals surface area contributed by atoms with Gasteiger partial charge < -0.3 is 15.5 Å². The molecule has 3 atom stereocenters. The molecular formula is C18H25ClN4O2. The van der Waals surface area contributed by atoms with Gasteiger partial charge in [0.25, 0.3) is 0 Å². The second kappa shape index (κ2) is 8.06. The van der Waals surface area contributed by atoms with Gasteiger partial charge in [-0.05, 0) is 37.5 Å². The van der Waals surface area contributed by atoms with Gasteiger partial charge in [0, 0.05) is 43.3 Å².